The summed E-state index contributed by atoms with van der Waals surface area (Å²) in [4.78, 5) is 34.3. The van der Waals surface area contributed by atoms with E-state index < -0.39 is 18.1 Å². The van der Waals surface area contributed by atoms with Crippen molar-refractivity contribution in [2.45, 2.75) is 24.9 Å². The first-order valence-corrected chi connectivity index (χ1v) is 14.1. The Morgan fingerprint density at radius 2 is 1.66 bits per heavy atom. The number of hydrogen-bond acceptors (Lipinski definition) is 8. The second-order valence-corrected chi connectivity index (χ2v) is 10.4. The summed E-state index contributed by atoms with van der Waals surface area (Å²) in [5, 5.41) is 22.2. The van der Waals surface area contributed by atoms with Crippen LogP contribution in [0.4, 0.5) is 18.9 Å². The predicted molar refractivity (Wildman–Crippen MR) is 156 cm³/mol. The highest BCUT2D eigenvalue weighted by atomic mass is 19.4. The van der Waals surface area contributed by atoms with Crippen molar-refractivity contribution in [3.63, 3.8) is 0 Å². The fraction of sp³-hybridized carbons (Fsp3) is 0.367. The first-order chi connectivity index (χ1) is 21.1. The summed E-state index contributed by atoms with van der Waals surface area (Å²) in [7, 11) is 0. The van der Waals surface area contributed by atoms with Crippen LogP contribution in [0.3, 0.4) is 0 Å². The molecule has 6 rings (SSSR count). The van der Waals surface area contributed by atoms with E-state index in [1.165, 1.54) is 0 Å². The van der Waals surface area contributed by atoms with Crippen molar-refractivity contribution in [1.29, 1.82) is 0 Å². The van der Waals surface area contributed by atoms with Crippen LogP contribution in [0.2, 0.25) is 0 Å². The van der Waals surface area contributed by atoms with Gasteiger partial charge < -0.3 is 19.8 Å². The summed E-state index contributed by atoms with van der Waals surface area (Å²) in [5.41, 5.74) is 5.71. The average molecular weight is 613 g/mol. The zero-order valence-corrected chi connectivity index (χ0v) is 23.7. The van der Waals surface area contributed by atoms with Crippen LogP contribution in [-0.2, 0) is 14.3 Å². The van der Waals surface area contributed by atoms with Gasteiger partial charge in [0.05, 0.1) is 54.2 Å². The van der Waals surface area contributed by atoms with Crippen molar-refractivity contribution in [3.05, 3.63) is 65.7 Å². The maximum Gasteiger partial charge on any atom is 0.490 e. The Bertz CT molecular complexity index is 1660. The van der Waals surface area contributed by atoms with Gasteiger partial charge in [-0.25, -0.2) is 19.3 Å². The molecule has 0 atom stereocenters. The molecule has 5 heterocycles. The summed E-state index contributed by atoms with van der Waals surface area (Å²) in [6.07, 6.45) is 2.56. The van der Waals surface area contributed by atoms with E-state index in [4.69, 9.17) is 29.7 Å². The largest absolute Gasteiger partial charge is 0.490 e. The molecule has 0 amide bonds. The fourth-order valence-electron chi connectivity index (χ4n) is 5.42. The van der Waals surface area contributed by atoms with E-state index in [1.807, 2.05) is 58.1 Å². The average Bonchev–Trinajstić information content (AvgIpc) is 3.39. The van der Waals surface area contributed by atoms with Gasteiger partial charge in [0, 0.05) is 24.4 Å². The number of morpholine rings is 1. The lowest BCUT2D eigenvalue weighted by Crippen LogP contribution is -2.37. The van der Waals surface area contributed by atoms with Crippen LogP contribution in [0.1, 0.15) is 35.8 Å². The maximum absolute atomic E-state index is 11.2. The van der Waals surface area contributed by atoms with E-state index in [-0.39, 0.29) is 12.5 Å². The van der Waals surface area contributed by atoms with Gasteiger partial charge in [0.15, 0.2) is 5.65 Å². The Labute approximate surface area is 250 Å². The highest BCUT2D eigenvalue weighted by Gasteiger charge is 2.38. The number of piperidine rings is 1. The van der Waals surface area contributed by atoms with Crippen LogP contribution < -0.4 is 4.90 Å². The van der Waals surface area contributed by atoms with Gasteiger partial charge in [-0.1, -0.05) is 24.3 Å². The van der Waals surface area contributed by atoms with Crippen molar-refractivity contribution in [2.75, 3.05) is 50.8 Å². The number of carboxylic acids is 2. The van der Waals surface area contributed by atoms with Gasteiger partial charge >= 0.3 is 18.1 Å². The van der Waals surface area contributed by atoms with Crippen molar-refractivity contribution >= 4 is 46.3 Å². The minimum atomic E-state index is -5.08. The second kappa shape index (κ2) is 13.4. The number of imidazole rings is 1. The number of aromatic nitrogens is 4. The highest BCUT2D eigenvalue weighted by Crippen LogP contribution is 2.34. The van der Waals surface area contributed by atoms with Gasteiger partial charge in [-0.05, 0) is 56.3 Å². The molecule has 2 fully saturated rings. The molecule has 232 valence electrons. The molecule has 0 radical (unpaired) electrons. The highest BCUT2D eigenvalue weighted by molar-refractivity contribution is 5.81. The first kappa shape index (κ1) is 30.9. The number of alkyl halides is 3. The van der Waals surface area contributed by atoms with Crippen LogP contribution in [-0.4, -0.2) is 98.7 Å². The number of benzene rings is 1. The minimum Gasteiger partial charge on any atom is -0.480 e. The number of pyridine rings is 1. The van der Waals surface area contributed by atoms with Gasteiger partial charge in [-0.3, -0.25) is 9.69 Å². The second-order valence-electron chi connectivity index (χ2n) is 10.4. The molecule has 0 bridgehead atoms. The third-order valence-corrected chi connectivity index (χ3v) is 7.52. The quantitative estimate of drug-likeness (QED) is 0.327. The minimum absolute atomic E-state index is 0.0830. The molecule has 2 N–H and O–H groups in total. The smallest absolute Gasteiger partial charge is 0.480 e. The Hall–Kier alpha value is -4.56. The van der Waals surface area contributed by atoms with Crippen LogP contribution in [0.25, 0.3) is 28.7 Å². The van der Waals surface area contributed by atoms with Crippen molar-refractivity contribution in [2.24, 2.45) is 0 Å². The molecule has 0 saturated carbocycles. The number of fused-ring (bicyclic) bond motifs is 2. The lowest BCUT2D eigenvalue weighted by atomic mass is 9.92. The molecule has 1 aromatic carbocycles. The zero-order valence-electron chi connectivity index (χ0n) is 23.7. The number of carbonyl (C=O) groups is 2. The number of rotatable bonds is 6. The number of anilines is 1. The van der Waals surface area contributed by atoms with Gasteiger partial charge in [0.2, 0.25) is 0 Å². The molecule has 11 nitrogen and oxygen atoms in total. The molecule has 4 aromatic rings. The lowest BCUT2D eigenvalue weighted by molar-refractivity contribution is -0.192. The number of nitrogens with zero attached hydrogens (tertiary/aromatic N) is 6. The number of para-hydroxylation sites is 1. The molecule has 2 aliphatic rings. The van der Waals surface area contributed by atoms with Gasteiger partial charge in [-0.2, -0.15) is 18.3 Å². The summed E-state index contributed by atoms with van der Waals surface area (Å²) in [6, 6.07) is 14.2. The Balaban J connectivity index is 0.000000493. The molecular formula is C30H31F3N6O5. The molecule has 2 saturated heterocycles. The number of aliphatic carboxylic acids is 2. The molecule has 0 aliphatic carbocycles. The van der Waals surface area contributed by atoms with Crippen molar-refractivity contribution < 1.29 is 37.7 Å². The van der Waals surface area contributed by atoms with Crippen LogP contribution in [0.15, 0.2) is 48.7 Å². The predicted octanol–water partition coefficient (Wildman–Crippen LogP) is 4.18. The van der Waals surface area contributed by atoms with Crippen LogP contribution >= 0.6 is 0 Å². The topological polar surface area (TPSA) is 133 Å². The summed E-state index contributed by atoms with van der Waals surface area (Å²) < 4.78 is 39.3. The standard InChI is InChI=1S/C28H30N6O3.C2HF3O2/c35-26(36)19-32-13-10-21(11-14-32)27-24(8-7-22-6-5-20-3-1-2-4-23(20)30-22)31-28-25(9-12-29-34(27)28)33-15-17-37-18-16-33;3-2(4,5)1(6)7/h1-9,12,21H,10-11,13-19H2,(H,35,36);(H,6,7)/b8-7+;. The number of hydrogen-bond donors (Lipinski definition) is 2. The Kier molecular flexibility index (Phi) is 9.40. The van der Waals surface area contributed by atoms with Crippen LogP contribution in [0.5, 0.6) is 0 Å². The molecule has 0 unspecified atom stereocenters. The SMILES string of the molecule is O=C(O)C(F)(F)F.O=C(O)CN1CCC(c2c(/C=C/c3ccc4ccccc4n3)nc3c(N4CCOCC4)ccnn23)CC1. The summed E-state index contributed by atoms with van der Waals surface area (Å²) >= 11 is 0. The number of halogens is 3. The molecule has 44 heavy (non-hydrogen) atoms. The van der Waals surface area contributed by atoms with Gasteiger partial charge in [0.25, 0.3) is 0 Å². The van der Waals surface area contributed by atoms with E-state index in [0.29, 0.717) is 13.2 Å². The molecule has 3 aromatic heterocycles. The maximum atomic E-state index is 11.2. The number of likely N-dealkylation sites (tertiary alicyclic amines) is 1. The molecular weight excluding hydrogens is 581 g/mol. The van der Waals surface area contributed by atoms with Gasteiger partial charge in [-0.15, -0.1) is 0 Å². The van der Waals surface area contributed by atoms with E-state index in [0.717, 1.165) is 78.3 Å². The molecule has 2 aliphatic heterocycles. The van der Waals surface area contributed by atoms with E-state index in [9.17, 15) is 23.1 Å². The summed E-state index contributed by atoms with van der Waals surface area (Å²) in [5.74, 6) is -3.30. The summed E-state index contributed by atoms with van der Waals surface area (Å²) in [6.45, 7) is 4.60. The Morgan fingerprint density at radius 3 is 2.34 bits per heavy atom. The lowest BCUT2D eigenvalue weighted by Gasteiger charge is -2.31. The van der Waals surface area contributed by atoms with E-state index in [1.54, 1.807) is 0 Å². The Morgan fingerprint density at radius 1 is 0.955 bits per heavy atom. The third kappa shape index (κ3) is 7.32. The van der Waals surface area contributed by atoms with Crippen molar-refractivity contribution in [1.82, 2.24) is 24.5 Å². The molecule has 14 heteroatoms. The normalized spacial score (nSPS) is 16.8. The zero-order chi connectivity index (χ0) is 31.3. The monoisotopic (exact) mass is 612 g/mol. The van der Waals surface area contributed by atoms with Gasteiger partial charge in [0.1, 0.15) is 0 Å². The number of carboxylic acid groups (broad SMARTS) is 2. The van der Waals surface area contributed by atoms with Crippen molar-refractivity contribution in [3.8, 4) is 0 Å². The first-order valence-electron chi connectivity index (χ1n) is 14.1. The van der Waals surface area contributed by atoms with Crippen LogP contribution in [0, 0.1) is 0 Å². The number of ether oxygens (including phenoxy) is 1. The van der Waals surface area contributed by atoms with E-state index >= 15 is 0 Å². The fourth-order valence-corrected chi connectivity index (χ4v) is 5.42. The third-order valence-electron chi connectivity index (χ3n) is 7.52. The van der Waals surface area contributed by atoms with E-state index in [2.05, 4.69) is 17.0 Å². The molecule has 0 spiro atoms.